The van der Waals surface area contributed by atoms with E-state index >= 15 is 0 Å². The molecule has 0 saturated carbocycles. The molecule has 0 bridgehead atoms. The van der Waals surface area contributed by atoms with Crippen LogP contribution in [0.2, 0.25) is 0 Å². The van der Waals surface area contributed by atoms with Gasteiger partial charge in [0.05, 0.1) is 0 Å². The first kappa shape index (κ1) is 13.1. The maximum absolute atomic E-state index is 10.0. The highest BCUT2D eigenvalue weighted by Crippen LogP contribution is 1.92. The van der Waals surface area contributed by atoms with E-state index in [0.717, 1.165) is 32.6 Å². The largest absolute Gasteiger partial charge is 0.478 e. The lowest BCUT2D eigenvalue weighted by Gasteiger charge is -2.11. The minimum absolute atomic E-state index is 0.424. The molecular formula is C10H20N2O2. The van der Waals surface area contributed by atoms with Gasteiger partial charge in [0.25, 0.3) is 0 Å². The number of aliphatic carboxylic acids is 1. The molecule has 0 aromatic heterocycles. The number of piperazine rings is 1. The Morgan fingerprint density at radius 2 is 1.71 bits per heavy atom. The summed E-state index contributed by atoms with van der Waals surface area (Å²) in [6, 6.07) is 0. The molecule has 0 atom stereocenters. The fraction of sp³-hybridized carbons (Fsp3) is 0.700. The maximum Gasteiger partial charge on any atom is 0.330 e. The van der Waals surface area contributed by atoms with Gasteiger partial charge in [-0.25, -0.2) is 4.79 Å². The van der Waals surface area contributed by atoms with Gasteiger partial charge in [-0.15, -0.1) is 0 Å². The van der Waals surface area contributed by atoms with E-state index in [1.165, 1.54) is 0 Å². The van der Waals surface area contributed by atoms with Gasteiger partial charge < -0.3 is 15.7 Å². The van der Waals surface area contributed by atoms with E-state index in [9.17, 15) is 4.79 Å². The minimum Gasteiger partial charge on any atom is -0.478 e. The predicted molar refractivity (Wildman–Crippen MR) is 57.4 cm³/mol. The van der Waals surface area contributed by atoms with Crippen LogP contribution in [0.4, 0.5) is 0 Å². The van der Waals surface area contributed by atoms with E-state index in [1.54, 1.807) is 13.0 Å². The van der Waals surface area contributed by atoms with Crippen LogP contribution in [0.5, 0.6) is 0 Å². The van der Waals surface area contributed by atoms with Gasteiger partial charge in [0.2, 0.25) is 0 Å². The van der Waals surface area contributed by atoms with Crippen LogP contribution in [0, 0.1) is 0 Å². The molecule has 0 radical (unpaired) electrons. The standard InChI is InChI=1S/C6H10O2.C4H10N2/c1-3-4-5(2)6(7)8;1-2-6-4-3-5-1/h4H,3H2,1-2H3,(H,7,8);5-6H,1-4H2/b5-4+;. The molecule has 1 saturated heterocycles. The topological polar surface area (TPSA) is 61.4 Å². The second-order valence-electron chi connectivity index (χ2n) is 3.10. The maximum atomic E-state index is 10.0. The van der Waals surface area contributed by atoms with Crippen molar-refractivity contribution >= 4 is 5.97 Å². The van der Waals surface area contributed by atoms with Crippen molar-refractivity contribution < 1.29 is 9.90 Å². The lowest BCUT2D eigenvalue weighted by atomic mass is 10.2. The molecule has 0 unspecified atom stereocenters. The van der Waals surface area contributed by atoms with Crippen LogP contribution in [0.15, 0.2) is 11.6 Å². The first-order valence-electron chi connectivity index (χ1n) is 5.00. The van der Waals surface area contributed by atoms with Crippen molar-refractivity contribution in [3.8, 4) is 0 Å². The number of rotatable bonds is 2. The first-order chi connectivity index (χ1) is 6.68. The molecule has 14 heavy (non-hydrogen) atoms. The minimum atomic E-state index is -0.827. The van der Waals surface area contributed by atoms with Crippen LogP contribution < -0.4 is 10.6 Å². The van der Waals surface area contributed by atoms with Crippen LogP contribution in [0.1, 0.15) is 20.3 Å². The highest BCUT2D eigenvalue weighted by atomic mass is 16.4. The quantitative estimate of drug-likeness (QED) is 0.571. The predicted octanol–water partition coefficient (Wildman–Crippen LogP) is 0.606. The van der Waals surface area contributed by atoms with E-state index in [1.807, 2.05) is 6.92 Å². The zero-order valence-corrected chi connectivity index (χ0v) is 8.97. The average Bonchev–Trinajstić information content (AvgIpc) is 2.21. The van der Waals surface area contributed by atoms with Gasteiger partial charge in [0.15, 0.2) is 0 Å². The molecule has 1 aliphatic rings. The first-order valence-corrected chi connectivity index (χ1v) is 5.00. The Hall–Kier alpha value is -0.870. The number of hydrogen-bond acceptors (Lipinski definition) is 3. The third-order valence-corrected chi connectivity index (χ3v) is 1.80. The molecule has 1 rings (SSSR count). The Balaban J connectivity index is 0.000000249. The summed E-state index contributed by atoms with van der Waals surface area (Å²) in [6.07, 6.45) is 2.47. The van der Waals surface area contributed by atoms with Crippen LogP contribution in [0.25, 0.3) is 0 Å². The van der Waals surface area contributed by atoms with Crippen molar-refractivity contribution in [3.63, 3.8) is 0 Å². The van der Waals surface area contributed by atoms with Crippen molar-refractivity contribution in [1.29, 1.82) is 0 Å². The van der Waals surface area contributed by atoms with Gasteiger partial charge >= 0.3 is 5.97 Å². The van der Waals surface area contributed by atoms with Gasteiger partial charge in [-0.2, -0.15) is 0 Å². The van der Waals surface area contributed by atoms with Crippen LogP contribution >= 0.6 is 0 Å². The molecule has 1 heterocycles. The number of hydrogen-bond donors (Lipinski definition) is 3. The third kappa shape index (κ3) is 7.76. The number of carbonyl (C=O) groups is 1. The van der Waals surface area contributed by atoms with Crippen molar-refractivity contribution in [2.75, 3.05) is 26.2 Å². The Labute approximate surface area is 85.4 Å². The van der Waals surface area contributed by atoms with Gasteiger partial charge in [-0.05, 0) is 13.3 Å². The number of nitrogens with one attached hydrogen (secondary N) is 2. The molecule has 4 heteroatoms. The van der Waals surface area contributed by atoms with E-state index in [2.05, 4.69) is 10.6 Å². The summed E-state index contributed by atoms with van der Waals surface area (Å²) in [5.74, 6) is -0.827. The molecule has 0 amide bonds. The molecule has 0 aliphatic carbocycles. The summed E-state index contributed by atoms with van der Waals surface area (Å²) < 4.78 is 0. The van der Waals surface area contributed by atoms with E-state index < -0.39 is 5.97 Å². The molecule has 4 nitrogen and oxygen atoms in total. The highest BCUT2D eigenvalue weighted by molar-refractivity contribution is 5.85. The zero-order valence-electron chi connectivity index (χ0n) is 8.97. The van der Waals surface area contributed by atoms with Crippen molar-refractivity contribution in [1.82, 2.24) is 10.6 Å². The van der Waals surface area contributed by atoms with Crippen LogP contribution in [-0.4, -0.2) is 37.3 Å². The molecule has 1 fully saturated rings. The summed E-state index contributed by atoms with van der Waals surface area (Å²) in [4.78, 5) is 10.0. The zero-order chi connectivity index (χ0) is 10.8. The Morgan fingerprint density at radius 1 is 1.29 bits per heavy atom. The Morgan fingerprint density at radius 3 is 1.86 bits per heavy atom. The van der Waals surface area contributed by atoms with Crippen LogP contribution in [-0.2, 0) is 4.79 Å². The monoisotopic (exact) mass is 200 g/mol. The molecule has 0 aromatic carbocycles. The van der Waals surface area contributed by atoms with E-state index in [-0.39, 0.29) is 0 Å². The molecule has 0 aromatic rings. The molecule has 1 aliphatic heterocycles. The second-order valence-corrected chi connectivity index (χ2v) is 3.10. The summed E-state index contributed by atoms with van der Waals surface area (Å²) >= 11 is 0. The summed E-state index contributed by atoms with van der Waals surface area (Å²) in [6.45, 7) is 8.05. The number of carboxylic acid groups (broad SMARTS) is 1. The Kier molecular flexibility index (Phi) is 8.17. The lowest BCUT2D eigenvalue weighted by Crippen LogP contribution is -2.39. The fourth-order valence-electron chi connectivity index (χ4n) is 0.997. The fourth-order valence-corrected chi connectivity index (χ4v) is 0.997. The van der Waals surface area contributed by atoms with E-state index in [0.29, 0.717) is 5.57 Å². The highest BCUT2D eigenvalue weighted by Gasteiger charge is 1.95. The average molecular weight is 200 g/mol. The molecule has 0 spiro atoms. The van der Waals surface area contributed by atoms with Crippen molar-refractivity contribution in [2.24, 2.45) is 0 Å². The van der Waals surface area contributed by atoms with Gasteiger partial charge in [-0.3, -0.25) is 0 Å². The summed E-state index contributed by atoms with van der Waals surface area (Å²) in [5.41, 5.74) is 0.424. The summed E-state index contributed by atoms with van der Waals surface area (Å²) in [7, 11) is 0. The number of allylic oxidation sites excluding steroid dienone is 1. The Bertz CT molecular complexity index is 175. The number of carboxylic acids is 1. The van der Waals surface area contributed by atoms with Crippen molar-refractivity contribution in [3.05, 3.63) is 11.6 Å². The van der Waals surface area contributed by atoms with Crippen molar-refractivity contribution in [2.45, 2.75) is 20.3 Å². The normalized spacial score (nSPS) is 16.9. The smallest absolute Gasteiger partial charge is 0.330 e. The molecule has 82 valence electrons. The summed E-state index contributed by atoms with van der Waals surface area (Å²) in [5, 5.41) is 14.7. The van der Waals surface area contributed by atoms with Gasteiger partial charge in [-0.1, -0.05) is 13.0 Å². The lowest BCUT2D eigenvalue weighted by molar-refractivity contribution is -0.132. The van der Waals surface area contributed by atoms with E-state index in [4.69, 9.17) is 5.11 Å². The molecule has 3 N–H and O–H groups in total. The SMILES string of the molecule is C1CNCCN1.CC/C=C(\C)C(=O)O. The van der Waals surface area contributed by atoms with Gasteiger partial charge in [0.1, 0.15) is 0 Å². The third-order valence-electron chi connectivity index (χ3n) is 1.80. The van der Waals surface area contributed by atoms with Gasteiger partial charge in [0, 0.05) is 31.8 Å². The second kappa shape index (κ2) is 8.72. The van der Waals surface area contributed by atoms with Crippen LogP contribution in [0.3, 0.4) is 0 Å². The molecular weight excluding hydrogens is 180 g/mol.